The van der Waals surface area contributed by atoms with E-state index in [0.717, 1.165) is 12.2 Å². The van der Waals surface area contributed by atoms with Gasteiger partial charge < -0.3 is 10.6 Å². The maximum Gasteiger partial charge on any atom is 0.0738 e. The summed E-state index contributed by atoms with van der Waals surface area (Å²) in [6.07, 6.45) is 5.32. The first kappa shape index (κ1) is 11.6. The van der Waals surface area contributed by atoms with Gasteiger partial charge in [-0.05, 0) is 26.8 Å². The maximum atomic E-state index is 5.91. The van der Waals surface area contributed by atoms with Crippen molar-refractivity contribution in [1.82, 2.24) is 4.98 Å². The van der Waals surface area contributed by atoms with Crippen LogP contribution in [0, 0.1) is 0 Å². The number of nitrogens with zero attached hydrogens (tertiary/aromatic N) is 2. The van der Waals surface area contributed by atoms with E-state index in [-0.39, 0.29) is 5.54 Å². The number of hydrogen-bond acceptors (Lipinski definition) is 3. The van der Waals surface area contributed by atoms with E-state index in [9.17, 15) is 0 Å². The Morgan fingerprint density at radius 3 is 2.67 bits per heavy atom. The smallest absolute Gasteiger partial charge is 0.0738 e. The van der Waals surface area contributed by atoms with E-state index >= 15 is 0 Å². The van der Waals surface area contributed by atoms with E-state index in [2.05, 4.69) is 37.2 Å². The topological polar surface area (TPSA) is 42.2 Å². The third-order valence-corrected chi connectivity index (χ3v) is 2.24. The third-order valence-electron chi connectivity index (χ3n) is 2.24. The predicted molar refractivity (Wildman–Crippen MR) is 65.9 cm³/mol. The number of anilines is 2. The Morgan fingerprint density at radius 2 is 2.20 bits per heavy atom. The van der Waals surface area contributed by atoms with Gasteiger partial charge in [0, 0.05) is 18.3 Å². The second-order valence-electron chi connectivity index (χ2n) is 4.50. The van der Waals surface area contributed by atoms with Crippen LogP contribution >= 0.6 is 0 Å². The number of hydrogen-bond donors (Lipinski definition) is 1. The van der Waals surface area contributed by atoms with Gasteiger partial charge in [0.2, 0.25) is 0 Å². The number of pyridine rings is 1. The van der Waals surface area contributed by atoms with Gasteiger partial charge in [-0.15, -0.1) is 6.58 Å². The summed E-state index contributed by atoms with van der Waals surface area (Å²) in [4.78, 5) is 6.20. The normalized spacial score (nSPS) is 11.1. The quantitative estimate of drug-likeness (QED) is 0.771. The number of rotatable bonds is 3. The summed E-state index contributed by atoms with van der Waals surface area (Å²) in [6.45, 7) is 11.0. The monoisotopic (exact) mass is 205 g/mol. The summed E-state index contributed by atoms with van der Waals surface area (Å²) >= 11 is 0. The molecule has 3 heteroatoms. The Hall–Kier alpha value is -1.51. The SMILES string of the molecule is C=CCN(c1ccncc1N)C(C)(C)C. The lowest BCUT2D eigenvalue weighted by Gasteiger charge is -2.37. The van der Waals surface area contributed by atoms with Crippen LogP contribution in [0.4, 0.5) is 11.4 Å². The summed E-state index contributed by atoms with van der Waals surface area (Å²) in [5.41, 5.74) is 7.64. The van der Waals surface area contributed by atoms with Gasteiger partial charge in [-0.1, -0.05) is 6.08 Å². The lowest BCUT2D eigenvalue weighted by atomic mass is 10.0. The zero-order chi connectivity index (χ0) is 11.5. The van der Waals surface area contributed by atoms with Gasteiger partial charge in [0.05, 0.1) is 17.6 Å². The van der Waals surface area contributed by atoms with Crippen LogP contribution in [0.1, 0.15) is 20.8 Å². The molecule has 1 heterocycles. The Bertz CT molecular complexity index is 339. The van der Waals surface area contributed by atoms with E-state index < -0.39 is 0 Å². The Morgan fingerprint density at radius 1 is 1.53 bits per heavy atom. The van der Waals surface area contributed by atoms with Gasteiger partial charge in [0.25, 0.3) is 0 Å². The van der Waals surface area contributed by atoms with Crippen molar-refractivity contribution in [3.63, 3.8) is 0 Å². The van der Waals surface area contributed by atoms with Gasteiger partial charge in [0.15, 0.2) is 0 Å². The standard InChI is InChI=1S/C12H19N3/c1-5-8-15(12(2,3)4)11-6-7-14-9-10(11)13/h5-7,9H,1,8,13H2,2-4H3. The van der Waals surface area contributed by atoms with Crippen molar-refractivity contribution < 1.29 is 0 Å². The van der Waals surface area contributed by atoms with Crippen LogP contribution in [0.25, 0.3) is 0 Å². The molecular weight excluding hydrogens is 186 g/mol. The molecule has 1 aromatic rings. The van der Waals surface area contributed by atoms with Crippen LogP contribution in [-0.4, -0.2) is 17.1 Å². The maximum absolute atomic E-state index is 5.91. The number of nitrogen functional groups attached to an aromatic ring is 1. The molecule has 15 heavy (non-hydrogen) atoms. The average Bonchev–Trinajstić information content (AvgIpc) is 2.14. The summed E-state index contributed by atoms with van der Waals surface area (Å²) in [6, 6.07) is 1.93. The fraction of sp³-hybridized carbons (Fsp3) is 0.417. The molecule has 0 saturated heterocycles. The van der Waals surface area contributed by atoms with Crippen LogP contribution in [0.15, 0.2) is 31.1 Å². The van der Waals surface area contributed by atoms with Crippen LogP contribution < -0.4 is 10.6 Å². The van der Waals surface area contributed by atoms with Crippen LogP contribution in [0.2, 0.25) is 0 Å². The lowest BCUT2D eigenvalue weighted by molar-refractivity contribution is 0.523. The molecule has 1 aromatic heterocycles. The van der Waals surface area contributed by atoms with Crippen molar-refractivity contribution >= 4 is 11.4 Å². The Labute approximate surface area is 91.6 Å². The first-order valence-corrected chi connectivity index (χ1v) is 5.05. The minimum Gasteiger partial charge on any atom is -0.396 e. The molecule has 0 fully saturated rings. The molecule has 2 N–H and O–H groups in total. The fourth-order valence-electron chi connectivity index (χ4n) is 1.51. The molecule has 0 spiro atoms. The molecule has 0 aliphatic heterocycles. The molecule has 3 nitrogen and oxygen atoms in total. The Kier molecular flexibility index (Phi) is 3.35. The minimum absolute atomic E-state index is 0.0175. The lowest BCUT2D eigenvalue weighted by Crippen LogP contribution is -2.42. The van der Waals surface area contributed by atoms with Crippen molar-refractivity contribution in [2.24, 2.45) is 0 Å². The molecule has 0 saturated carbocycles. The van der Waals surface area contributed by atoms with Gasteiger partial charge in [0.1, 0.15) is 0 Å². The molecular formula is C12H19N3. The fourth-order valence-corrected chi connectivity index (χ4v) is 1.51. The van der Waals surface area contributed by atoms with E-state index in [1.165, 1.54) is 0 Å². The van der Waals surface area contributed by atoms with Crippen molar-refractivity contribution in [2.45, 2.75) is 26.3 Å². The zero-order valence-electron chi connectivity index (χ0n) is 9.70. The van der Waals surface area contributed by atoms with E-state index in [0.29, 0.717) is 5.69 Å². The summed E-state index contributed by atoms with van der Waals surface area (Å²) in [5, 5.41) is 0. The van der Waals surface area contributed by atoms with Crippen LogP contribution in [0.3, 0.4) is 0 Å². The molecule has 0 aromatic carbocycles. The number of nitrogens with two attached hydrogens (primary N) is 1. The van der Waals surface area contributed by atoms with E-state index in [1.54, 1.807) is 12.4 Å². The summed E-state index contributed by atoms with van der Waals surface area (Å²) in [5.74, 6) is 0. The highest BCUT2D eigenvalue weighted by Gasteiger charge is 2.21. The van der Waals surface area contributed by atoms with Crippen LogP contribution in [0.5, 0.6) is 0 Å². The molecule has 1 rings (SSSR count). The summed E-state index contributed by atoms with van der Waals surface area (Å²) in [7, 11) is 0. The van der Waals surface area contributed by atoms with Gasteiger partial charge >= 0.3 is 0 Å². The first-order chi connectivity index (χ1) is 6.96. The van der Waals surface area contributed by atoms with Crippen molar-refractivity contribution in [1.29, 1.82) is 0 Å². The Balaban J connectivity index is 3.10. The average molecular weight is 205 g/mol. The van der Waals surface area contributed by atoms with Crippen molar-refractivity contribution in [2.75, 3.05) is 17.2 Å². The molecule has 0 aliphatic carbocycles. The minimum atomic E-state index is 0.0175. The molecule has 0 amide bonds. The molecule has 0 aliphatic rings. The van der Waals surface area contributed by atoms with Gasteiger partial charge in [-0.2, -0.15) is 0 Å². The highest BCUT2D eigenvalue weighted by molar-refractivity contribution is 5.67. The second kappa shape index (κ2) is 4.34. The van der Waals surface area contributed by atoms with E-state index in [4.69, 9.17) is 5.73 Å². The predicted octanol–water partition coefficient (Wildman–Crippen LogP) is 2.45. The summed E-state index contributed by atoms with van der Waals surface area (Å²) < 4.78 is 0. The van der Waals surface area contributed by atoms with Gasteiger partial charge in [-0.3, -0.25) is 4.98 Å². The van der Waals surface area contributed by atoms with E-state index in [1.807, 2.05) is 12.1 Å². The third kappa shape index (κ3) is 2.72. The molecule has 0 atom stereocenters. The van der Waals surface area contributed by atoms with Gasteiger partial charge in [-0.25, -0.2) is 0 Å². The molecule has 0 bridgehead atoms. The molecule has 82 valence electrons. The molecule has 0 unspecified atom stereocenters. The van der Waals surface area contributed by atoms with Crippen LogP contribution in [-0.2, 0) is 0 Å². The van der Waals surface area contributed by atoms with Crippen molar-refractivity contribution in [3.8, 4) is 0 Å². The first-order valence-electron chi connectivity index (χ1n) is 5.05. The highest BCUT2D eigenvalue weighted by Crippen LogP contribution is 2.27. The van der Waals surface area contributed by atoms with Crippen molar-refractivity contribution in [3.05, 3.63) is 31.1 Å². The largest absolute Gasteiger partial charge is 0.396 e. The molecule has 0 radical (unpaired) electrons. The highest BCUT2D eigenvalue weighted by atomic mass is 15.2. The second-order valence-corrected chi connectivity index (χ2v) is 4.50. The number of aromatic nitrogens is 1. The zero-order valence-corrected chi connectivity index (χ0v) is 9.70.